The summed E-state index contributed by atoms with van der Waals surface area (Å²) in [5, 5.41) is 9.27. The fourth-order valence-electron chi connectivity index (χ4n) is 0.579. The van der Waals surface area contributed by atoms with Gasteiger partial charge in [-0.2, -0.15) is 0 Å². The zero-order chi connectivity index (χ0) is 7.98. The van der Waals surface area contributed by atoms with E-state index in [-0.39, 0.29) is 6.10 Å². The van der Waals surface area contributed by atoms with Crippen LogP contribution in [0.2, 0.25) is 0 Å². The number of aliphatic hydroxyl groups excluding tert-OH is 1. The van der Waals surface area contributed by atoms with Gasteiger partial charge in [0.1, 0.15) is 0 Å². The molecule has 1 atom stereocenters. The summed E-state index contributed by atoms with van der Waals surface area (Å²) in [6, 6.07) is 0. The molecule has 1 heteroatoms. The van der Waals surface area contributed by atoms with Gasteiger partial charge < -0.3 is 5.11 Å². The molecule has 1 nitrogen and oxygen atoms in total. The van der Waals surface area contributed by atoms with Crippen LogP contribution in [0.4, 0.5) is 0 Å². The molecule has 0 radical (unpaired) electrons. The Bertz CT molecular complexity index is 130. The molecular weight excluding hydrogens is 124 g/mol. The van der Waals surface area contributed by atoms with Crippen molar-refractivity contribution < 1.29 is 5.11 Å². The van der Waals surface area contributed by atoms with Gasteiger partial charge in [0.25, 0.3) is 0 Å². The predicted octanol–water partition coefficient (Wildman–Crippen LogP) is 2.12. The molecule has 0 spiro atoms. The summed E-state index contributed by atoms with van der Waals surface area (Å²) in [6.07, 6.45) is 4.20. The average Bonchev–Trinajstić information content (AvgIpc) is 1.88. The van der Waals surface area contributed by atoms with Crippen LogP contribution in [0.3, 0.4) is 0 Å². The second kappa shape index (κ2) is 5.28. The molecular formula is C9H16O. The molecule has 0 saturated carbocycles. The maximum absolute atomic E-state index is 9.27. The van der Waals surface area contributed by atoms with Crippen molar-refractivity contribution >= 4 is 0 Å². The molecule has 1 N–H and O–H groups in total. The van der Waals surface area contributed by atoms with Gasteiger partial charge in [0, 0.05) is 0 Å². The van der Waals surface area contributed by atoms with Gasteiger partial charge in [-0.3, -0.25) is 0 Å². The maximum Gasteiger partial charge on any atom is 0.0603 e. The molecule has 0 aliphatic rings. The van der Waals surface area contributed by atoms with Crippen LogP contribution >= 0.6 is 0 Å². The van der Waals surface area contributed by atoms with Crippen LogP contribution < -0.4 is 0 Å². The van der Waals surface area contributed by atoms with Crippen LogP contribution in [0.25, 0.3) is 0 Å². The molecule has 0 heterocycles. The van der Waals surface area contributed by atoms with E-state index in [1.165, 1.54) is 0 Å². The minimum absolute atomic E-state index is 0.215. The summed E-state index contributed by atoms with van der Waals surface area (Å²) in [7, 11) is 0. The van der Waals surface area contributed by atoms with E-state index in [9.17, 15) is 5.11 Å². The van der Waals surface area contributed by atoms with Crippen LogP contribution in [-0.2, 0) is 0 Å². The van der Waals surface area contributed by atoms with Gasteiger partial charge in [0.15, 0.2) is 0 Å². The van der Waals surface area contributed by atoms with Gasteiger partial charge in [-0.15, -0.1) is 5.73 Å². The van der Waals surface area contributed by atoms with E-state index in [1.807, 2.05) is 32.9 Å². The smallest absolute Gasteiger partial charge is 0.0603 e. The Kier molecular flexibility index (Phi) is 5.00. The molecule has 0 aliphatic heterocycles. The van der Waals surface area contributed by atoms with E-state index >= 15 is 0 Å². The Morgan fingerprint density at radius 2 is 2.10 bits per heavy atom. The molecule has 0 aromatic carbocycles. The Morgan fingerprint density at radius 3 is 2.50 bits per heavy atom. The van der Waals surface area contributed by atoms with Crippen molar-refractivity contribution in [2.24, 2.45) is 5.92 Å². The van der Waals surface area contributed by atoms with E-state index in [4.69, 9.17) is 0 Å². The van der Waals surface area contributed by atoms with Gasteiger partial charge in [0.2, 0.25) is 0 Å². The molecule has 0 amide bonds. The SMILES string of the molecule is CC=C=CCC(O)C(C)C. The zero-order valence-electron chi connectivity index (χ0n) is 6.96. The van der Waals surface area contributed by atoms with Crippen LogP contribution in [0.15, 0.2) is 17.9 Å². The Morgan fingerprint density at radius 1 is 1.50 bits per heavy atom. The summed E-state index contributed by atoms with van der Waals surface area (Å²) in [6.45, 7) is 5.93. The molecule has 0 fully saturated rings. The van der Waals surface area contributed by atoms with Gasteiger partial charge in [-0.25, -0.2) is 0 Å². The summed E-state index contributed by atoms with van der Waals surface area (Å²) in [5.74, 6) is 0.343. The number of hydrogen-bond donors (Lipinski definition) is 1. The normalized spacial score (nSPS) is 12.5. The minimum Gasteiger partial charge on any atom is -0.393 e. The van der Waals surface area contributed by atoms with Crippen LogP contribution in [0, 0.1) is 5.92 Å². The quantitative estimate of drug-likeness (QED) is 0.595. The highest BCUT2D eigenvalue weighted by molar-refractivity contribution is 4.84. The summed E-state index contributed by atoms with van der Waals surface area (Å²) < 4.78 is 0. The second-order valence-corrected chi connectivity index (χ2v) is 2.71. The number of hydrogen-bond acceptors (Lipinski definition) is 1. The van der Waals surface area contributed by atoms with E-state index in [1.54, 1.807) is 0 Å². The fourth-order valence-corrected chi connectivity index (χ4v) is 0.579. The van der Waals surface area contributed by atoms with Crippen molar-refractivity contribution in [3.05, 3.63) is 17.9 Å². The molecule has 0 rings (SSSR count). The number of rotatable bonds is 3. The predicted molar refractivity (Wildman–Crippen MR) is 43.8 cm³/mol. The lowest BCUT2D eigenvalue weighted by molar-refractivity contribution is 0.128. The Balaban J connectivity index is 3.59. The Hall–Kier alpha value is -0.520. The Labute approximate surface area is 63.1 Å². The van der Waals surface area contributed by atoms with Gasteiger partial charge in [-0.05, 0) is 31.4 Å². The van der Waals surface area contributed by atoms with Gasteiger partial charge >= 0.3 is 0 Å². The zero-order valence-corrected chi connectivity index (χ0v) is 6.96. The van der Waals surface area contributed by atoms with Crippen molar-refractivity contribution in [1.82, 2.24) is 0 Å². The molecule has 10 heavy (non-hydrogen) atoms. The molecule has 0 saturated heterocycles. The molecule has 0 aromatic rings. The van der Waals surface area contributed by atoms with E-state index in [0.29, 0.717) is 12.3 Å². The highest BCUT2D eigenvalue weighted by atomic mass is 16.3. The van der Waals surface area contributed by atoms with Crippen molar-refractivity contribution in [2.75, 3.05) is 0 Å². The third-order valence-electron chi connectivity index (χ3n) is 1.41. The largest absolute Gasteiger partial charge is 0.393 e. The monoisotopic (exact) mass is 140 g/mol. The minimum atomic E-state index is -0.215. The third kappa shape index (κ3) is 4.37. The lowest BCUT2D eigenvalue weighted by Gasteiger charge is -2.10. The highest BCUT2D eigenvalue weighted by Crippen LogP contribution is 2.04. The van der Waals surface area contributed by atoms with Crippen LogP contribution in [-0.4, -0.2) is 11.2 Å². The van der Waals surface area contributed by atoms with Crippen LogP contribution in [0.5, 0.6) is 0 Å². The lowest BCUT2D eigenvalue weighted by atomic mass is 10.0. The second-order valence-electron chi connectivity index (χ2n) is 2.71. The van der Waals surface area contributed by atoms with Gasteiger partial charge in [-0.1, -0.05) is 13.8 Å². The standard InChI is InChI=1S/C9H16O/c1-4-5-6-7-9(10)8(2)3/h4,6,8-10H,7H2,1-3H3. The van der Waals surface area contributed by atoms with Crippen molar-refractivity contribution in [1.29, 1.82) is 0 Å². The lowest BCUT2D eigenvalue weighted by Crippen LogP contribution is -2.12. The fraction of sp³-hybridized carbons (Fsp3) is 0.667. The summed E-state index contributed by atoms with van der Waals surface area (Å²) in [5.41, 5.74) is 2.92. The summed E-state index contributed by atoms with van der Waals surface area (Å²) >= 11 is 0. The molecule has 58 valence electrons. The molecule has 1 unspecified atom stereocenters. The average molecular weight is 140 g/mol. The topological polar surface area (TPSA) is 20.2 Å². The van der Waals surface area contributed by atoms with E-state index in [2.05, 4.69) is 5.73 Å². The van der Waals surface area contributed by atoms with Crippen molar-refractivity contribution in [3.8, 4) is 0 Å². The van der Waals surface area contributed by atoms with Gasteiger partial charge in [0.05, 0.1) is 6.10 Å². The first kappa shape index (κ1) is 9.48. The third-order valence-corrected chi connectivity index (χ3v) is 1.41. The highest BCUT2D eigenvalue weighted by Gasteiger charge is 2.05. The van der Waals surface area contributed by atoms with E-state index < -0.39 is 0 Å². The first-order valence-electron chi connectivity index (χ1n) is 3.72. The van der Waals surface area contributed by atoms with E-state index in [0.717, 1.165) is 0 Å². The maximum atomic E-state index is 9.27. The number of aliphatic hydroxyl groups is 1. The first-order chi connectivity index (χ1) is 4.68. The van der Waals surface area contributed by atoms with Crippen LogP contribution in [0.1, 0.15) is 27.2 Å². The molecule has 0 aliphatic carbocycles. The van der Waals surface area contributed by atoms with Crippen molar-refractivity contribution in [3.63, 3.8) is 0 Å². The molecule has 0 aromatic heterocycles. The molecule has 0 bridgehead atoms. The summed E-state index contributed by atoms with van der Waals surface area (Å²) in [4.78, 5) is 0. The first-order valence-corrected chi connectivity index (χ1v) is 3.72. The van der Waals surface area contributed by atoms with Crippen molar-refractivity contribution in [2.45, 2.75) is 33.3 Å².